The molecule has 1 heterocycles. The average molecular weight is 319 g/mol. The molecule has 2 atom stereocenters. The summed E-state index contributed by atoms with van der Waals surface area (Å²) >= 11 is 0. The van der Waals surface area contributed by atoms with Crippen molar-refractivity contribution in [2.24, 2.45) is 0 Å². The maximum Gasteiger partial charge on any atom is 0.260 e. The molecule has 2 unspecified atom stereocenters. The first-order valence-electron chi connectivity index (χ1n) is 8.19. The Labute approximate surface area is 137 Å². The van der Waals surface area contributed by atoms with E-state index in [0.717, 1.165) is 31.4 Å². The molecular formula is C18H25NO4. The molecule has 2 rings (SSSR count). The Morgan fingerprint density at radius 3 is 2.70 bits per heavy atom. The van der Waals surface area contributed by atoms with Crippen LogP contribution in [0, 0.1) is 0 Å². The predicted molar refractivity (Wildman–Crippen MR) is 87.5 cm³/mol. The molecule has 0 radical (unpaired) electrons. The highest BCUT2D eigenvalue weighted by Crippen LogP contribution is 2.15. The zero-order valence-corrected chi connectivity index (χ0v) is 13.8. The van der Waals surface area contributed by atoms with Crippen molar-refractivity contribution in [3.63, 3.8) is 0 Å². The molecule has 5 nitrogen and oxygen atoms in total. The van der Waals surface area contributed by atoms with Gasteiger partial charge in [-0.3, -0.25) is 4.79 Å². The topological polar surface area (TPSA) is 64.6 Å². The van der Waals surface area contributed by atoms with Crippen molar-refractivity contribution >= 4 is 11.7 Å². The summed E-state index contributed by atoms with van der Waals surface area (Å²) in [7, 11) is 0. The van der Waals surface area contributed by atoms with E-state index in [1.54, 1.807) is 13.8 Å². The minimum atomic E-state index is -0.556. The summed E-state index contributed by atoms with van der Waals surface area (Å²) in [6.07, 6.45) is 2.90. The number of nitrogens with one attached hydrogen (secondary N) is 1. The molecule has 0 aliphatic carbocycles. The van der Waals surface area contributed by atoms with Crippen molar-refractivity contribution in [3.8, 4) is 5.75 Å². The Hall–Kier alpha value is -1.88. The molecule has 0 aromatic heterocycles. The van der Waals surface area contributed by atoms with Gasteiger partial charge in [-0.1, -0.05) is 12.1 Å². The normalized spacial score (nSPS) is 18.4. The Kier molecular flexibility index (Phi) is 6.59. The minimum Gasteiger partial charge on any atom is -0.481 e. The summed E-state index contributed by atoms with van der Waals surface area (Å²) < 4.78 is 11.1. The smallest absolute Gasteiger partial charge is 0.260 e. The molecule has 1 aliphatic rings. The van der Waals surface area contributed by atoms with Gasteiger partial charge in [-0.05, 0) is 50.8 Å². The third kappa shape index (κ3) is 6.02. The summed E-state index contributed by atoms with van der Waals surface area (Å²) in [4.78, 5) is 23.0. The van der Waals surface area contributed by atoms with Crippen LogP contribution in [0.2, 0.25) is 0 Å². The van der Waals surface area contributed by atoms with Crippen LogP contribution in [-0.4, -0.2) is 37.0 Å². The van der Waals surface area contributed by atoms with E-state index in [2.05, 4.69) is 5.32 Å². The molecule has 1 N–H and O–H groups in total. The Bertz CT molecular complexity index is 520. The predicted octanol–water partition coefficient (Wildman–Crippen LogP) is 2.27. The Morgan fingerprint density at radius 1 is 1.35 bits per heavy atom. The second-order valence-corrected chi connectivity index (χ2v) is 5.99. The molecule has 1 aromatic rings. The van der Waals surface area contributed by atoms with Gasteiger partial charge in [0.15, 0.2) is 6.10 Å². The van der Waals surface area contributed by atoms with Crippen LogP contribution in [0.5, 0.6) is 5.75 Å². The van der Waals surface area contributed by atoms with Gasteiger partial charge >= 0.3 is 0 Å². The quantitative estimate of drug-likeness (QED) is 0.798. The van der Waals surface area contributed by atoms with Gasteiger partial charge < -0.3 is 19.6 Å². The number of Topliss-reactive ketones (excluding diaryl/α,β-unsaturated/α-hetero) is 1. The van der Waals surface area contributed by atoms with Crippen LogP contribution in [-0.2, 0) is 20.7 Å². The summed E-state index contributed by atoms with van der Waals surface area (Å²) in [6.45, 7) is 4.64. The zero-order chi connectivity index (χ0) is 16.7. The summed E-state index contributed by atoms with van der Waals surface area (Å²) in [5.74, 6) is 0.694. The summed E-state index contributed by atoms with van der Waals surface area (Å²) in [6, 6.07) is 7.52. The highest BCUT2D eigenvalue weighted by atomic mass is 16.5. The largest absolute Gasteiger partial charge is 0.481 e. The van der Waals surface area contributed by atoms with Crippen LogP contribution in [0.25, 0.3) is 0 Å². The molecule has 1 aliphatic heterocycles. The van der Waals surface area contributed by atoms with E-state index in [4.69, 9.17) is 9.47 Å². The fourth-order valence-electron chi connectivity index (χ4n) is 2.48. The molecule has 0 spiro atoms. The van der Waals surface area contributed by atoms with E-state index in [0.29, 0.717) is 18.7 Å². The van der Waals surface area contributed by atoms with Crippen LogP contribution >= 0.6 is 0 Å². The summed E-state index contributed by atoms with van der Waals surface area (Å²) in [5, 5.41) is 2.86. The van der Waals surface area contributed by atoms with Crippen LogP contribution < -0.4 is 10.1 Å². The first kappa shape index (κ1) is 17.5. The second kappa shape index (κ2) is 8.67. The molecule has 1 fully saturated rings. The van der Waals surface area contributed by atoms with Gasteiger partial charge in [-0.2, -0.15) is 0 Å². The molecule has 0 bridgehead atoms. The van der Waals surface area contributed by atoms with Gasteiger partial charge in [-0.25, -0.2) is 0 Å². The van der Waals surface area contributed by atoms with Crippen molar-refractivity contribution in [2.75, 3.05) is 13.2 Å². The lowest BCUT2D eigenvalue weighted by Crippen LogP contribution is -2.40. The van der Waals surface area contributed by atoms with E-state index in [1.807, 2.05) is 24.3 Å². The highest BCUT2D eigenvalue weighted by molar-refractivity contribution is 5.80. The van der Waals surface area contributed by atoms with Crippen molar-refractivity contribution in [1.29, 1.82) is 0 Å². The molecular weight excluding hydrogens is 294 g/mol. The van der Waals surface area contributed by atoms with Gasteiger partial charge in [0.25, 0.3) is 5.91 Å². The fourth-order valence-corrected chi connectivity index (χ4v) is 2.48. The summed E-state index contributed by atoms with van der Waals surface area (Å²) in [5.41, 5.74) is 1.09. The van der Waals surface area contributed by atoms with Gasteiger partial charge in [0.2, 0.25) is 0 Å². The van der Waals surface area contributed by atoms with Crippen LogP contribution in [0.15, 0.2) is 24.3 Å². The SMILES string of the molecule is CC(=O)CCc1ccc(OC(C)C(=O)NCC2CCCO2)cc1. The number of hydrogen-bond acceptors (Lipinski definition) is 4. The number of aryl methyl sites for hydroxylation is 1. The van der Waals surface area contributed by atoms with Gasteiger partial charge in [-0.15, -0.1) is 0 Å². The van der Waals surface area contributed by atoms with Crippen molar-refractivity contribution < 1.29 is 19.1 Å². The number of carbonyl (C=O) groups is 2. The Balaban J connectivity index is 1.75. The number of amides is 1. The first-order chi connectivity index (χ1) is 11.0. The molecule has 126 valence electrons. The fraction of sp³-hybridized carbons (Fsp3) is 0.556. The van der Waals surface area contributed by atoms with E-state index < -0.39 is 6.10 Å². The molecule has 0 saturated carbocycles. The standard InChI is InChI=1S/C18H25NO4/c1-13(20)5-6-15-7-9-16(10-8-15)23-14(2)18(21)19-12-17-4-3-11-22-17/h7-10,14,17H,3-6,11-12H2,1-2H3,(H,19,21). The number of carbonyl (C=O) groups excluding carboxylic acids is 2. The minimum absolute atomic E-state index is 0.131. The number of benzene rings is 1. The molecule has 1 saturated heterocycles. The third-order valence-corrected chi connectivity index (χ3v) is 3.90. The lowest BCUT2D eigenvalue weighted by atomic mass is 10.1. The average Bonchev–Trinajstić information content (AvgIpc) is 3.05. The Morgan fingerprint density at radius 2 is 2.09 bits per heavy atom. The third-order valence-electron chi connectivity index (χ3n) is 3.90. The van der Waals surface area contributed by atoms with E-state index >= 15 is 0 Å². The number of ether oxygens (including phenoxy) is 2. The van der Waals surface area contributed by atoms with Crippen molar-refractivity contribution in [3.05, 3.63) is 29.8 Å². The van der Waals surface area contributed by atoms with Crippen LogP contribution in [0.1, 0.15) is 38.7 Å². The van der Waals surface area contributed by atoms with Gasteiger partial charge in [0, 0.05) is 19.6 Å². The number of hydrogen-bond donors (Lipinski definition) is 1. The molecule has 1 amide bonds. The maximum atomic E-state index is 12.0. The van der Waals surface area contributed by atoms with Crippen molar-refractivity contribution in [2.45, 2.75) is 51.7 Å². The zero-order valence-electron chi connectivity index (χ0n) is 13.8. The van der Waals surface area contributed by atoms with Crippen LogP contribution in [0.4, 0.5) is 0 Å². The van der Waals surface area contributed by atoms with Crippen LogP contribution in [0.3, 0.4) is 0 Å². The lowest BCUT2D eigenvalue weighted by molar-refractivity contribution is -0.127. The maximum absolute atomic E-state index is 12.0. The molecule has 23 heavy (non-hydrogen) atoms. The van der Waals surface area contributed by atoms with Gasteiger partial charge in [0.05, 0.1) is 6.10 Å². The molecule has 1 aromatic carbocycles. The highest BCUT2D eigenvalue weighted by Gasteiger charge is 2.19. The van der Waals surface area contributed by atoms with Gasteiger partial charge in [0.1, 0.15) is 11.5 Å². The lowest BCUT2D eigenvalue weighted by Gasteiger charge is -2.16. The monoisotopic (exact) mass is 319 g/mol. The van der Waals surface area contributed by atoms with E-state index in [-0.39, 0.29) is 17.8 Å². The second-order valence-electron chi connectivity index (χ2n) is 5.99. The first-order valence-corrected chi connectivity index (χ1v) is 8.19. The molecule has 5 heteroatoms. The number of ketones is 1. The van der Waals surface area contributed by atoms with Crippen molar-refractivity contribution in [1.82, 2.24) is 5.32 Å². The van der Waals surface area contributed by atoms with E-state index in [9.17, 15) is 9.59 Å². The number of rotatable bonds is 8. The van der Waals surface area contributed by atoms with E-state index in [1.165, 1.54) is 0 Å².